The van der Waals surface area contributed by atoms with Crippen molar-refractivity contribution in [3.63, 3.8) is 0 Å². The van der Waals surface area contributed by atoms with Crippen molar-refractivity contribution in [3.05, 3.63) is 63.6 Å². The second kappa shape index (κ2) is 8.53. The molecule has 0 spiro atoms. The Bertz CT molecular complexity index is 1030. The summed E-state index contributed by atoms with van der Waals surface area (Å²) in [4.78, 5) is 38.5. The third kappa shape index (κ3) is 4.68. The fourth-order valence-corrected chi connectivity index (χ4v) is 3.71. The van der Waals surface area contributed by atoms with Crippen molar-refractivity contribution in [3.8, 4) is 5.75 Å². The molecule has 1 aliphatic rings. The van der Waals surface area contributed by atoms with Crippen LogP contribution < -0.4 is 10.1 Å². The molecule has 0 radical (unpaired) electrons. The molecule has 150 valence electrons. The van der Waals surface area contributed by atoms with Gasteiger partial charge in [0, 0.05) is 5.69 Å². The molecule has 1 aliphatic heterocycles. The molecule has 0 unspecified atom stereocenters. The number of hydrogen-bond donors (Lipinski definition) is 1. The summed E-state index contributed by atoms with van der Waals surface area (Å²) in [6, 6.07) is 11.0. The van der Waals surface area contributed by atoms with Crippen LogP contribution in [0.25, 0.3) is 6.08 Å². The molecule has 6 nitrogen and oxygen atoms in total. The van der Waals surface area contributed by atoms with Crippen LogP contribution in [-0.2, 0) is 9.59 Å². The van der Waals surface area contributed by atoms with E-state index in [1.165, 1.54) is 0 Å². The first-order valence-corrected chi connectivity index (χ1v) is 9.87. The molecule has 0 atom stereocenters. The minimum atomic E-state index is -0.467. The SMILES string of the molecule is COc1ccc(/C=C2/SC(=O)N(CC(=O)Nc3ccc(C)c(C)c3)C2=O)c(C)c1. The molecule has 3 rings (SSSR count). The zero-order valence-electron chi connectivity index (χ0n) is 16.7. The summed E-state index contributed by atoms with van der Waals surface area (Å²) in [6.07, 6.45) is 1.67. The number of amides is 3. The lowest BCUT2D eigenvalue weighted by Crippen LogP contribution is -2.36. The van der Waals surface area contributed by atoms with E-state index < -0.39 is 17.1 Å². The zero-order valence-corrected chi connectivity index (χ0v) is 17.6. The summed E-state index contributed by atoms with van der Waals surface area (Å²) in [6.45, 7) is 5.51. The number of thioether (sulfide) groups is 1. The molecular weight excluding hydrogens is 388 g/mol. The average molecular weight is 410 g/mol. The second-order valence-electron chi connectivity index (χ2n) is 6.84. The number of nitrogens with zero attached hydrogens (tertiary/aromatic N) is 1. The number of benzene rings is 2. The Balaban J connectivity index is 1.71. The molecule has 3 amide bonds. The Morgan fingerprint density at radius 3 is 2.48 bits per heavy atom. The third-order valence-corrected chi connectivity index (χ3v) is 5.64. The number of anilines is 1. The van der Waals surface area contributed by atoms with Gasteiger partial charge in [-0.05, 0) is 85.1 Å². The van der Waals surface area contributed by atoms with Crippen molar-refractivity contribution in [1.29, 1.82) is 0 Å². The molecule has 1 fully saturated rings. The topological polar surface area (TPSA) is 75.7 Å². The van der Waals surface area contributed by atoms with Crippen LogP contribution in [0, 0.1) is 20.8 Å². The van der Waals surface area contributed by atoms with Crippen molar-refractivity contribution in [2.75, 3.05) is 19.0 Å². The summed E-state index contributed by atoms with van der Waals surface area (Å²) < 4.78 is 5.18. The first kappa shape index (κ1) is 20.7. The second-order valence-corrected chi connectivity index (χ2v) is 7.83. The molecule has 2 aromatic rings. The van der Waals surface area contributed by atoms with Gasteiger partial charge in [0.2, 0.25) is 5.91 Å². The van der Waals surface area contributed by atoms with Crippen molar-refractivity contribution < 1.29 is 19.1 Å². The van der Waals surface area contributed by atoms with Crippen LogP contribution in [-0.4, -0.2) is 35.6 Å². The number of nitrogens with one attached hydrogen (secondary N) is 1. The van der Waals surface area contributed by atoms with E-state index >= 15 is 0 Å². The van der Waals surface area contributed by atoms with Gasteiger partial charge in [-0.1, -0.05) is 12.1 Å². The maximum absolute atomic E-state index is 12.7. The van der Waals surface area contributed by atoms with E-state index in [0.29, 0.717) is 10.6 Å². The molecule has 0 saturated carbocycles. The summed E-state index contributed by atoms with van der Waals surface area (Å²) >= 11 is 0.835. The van der Waals surface area contributed by atoms with Crippen LogP contribution in [0.15, 0.2) is 41.3 Å². The van der Waals surface area contributed by atoms with Crippen LogP contribution in [0.4, 0.5) is 10.5 Å². The average Bonchev–Trinajstić information content (AvgIpc) is 2.93. The lowest BCUT2D eigenvalue weighted by molar-refractivity contribution is -0.127. The van der Waals surface area contributed by atoms with Gasteiger partial charge in [0.15, 0.2) is 0 Å². The van der Waals surface area contributed by atoms with Crippen LogP contribution >= 0.6 is 11.8 Å². The highest BCUT2D eigenvalue weighted by molar-refractivity contribution is 8.18. The first-order chi connectivity index (χ1) is 13.8. The van der Waals surface area contributed by atoms with Gasteiger partial charge < -0.3 is 10.1 Å². The van der Waals surface area contributed by atoms with Crippen LogP contribution in [0.5, 0.6) is 5.75 Å². The van der Waals surface area contributed by atoms with Crippen molar-refractivity contribution >= 4 is 40.6 Å². The maximum Gasteiger partial charge on any atom is 0.294 e. The Morgan fingerprint density at radius 1 is 1.07 bits per heavy atom. The van der Waals surface area contributed by atoms with Crippen molar-refractivity contribution in [2.24, 2.45) is 0 Å². The lowest BCUT2D eigenvalue weighted by Gasteiger charge is -2.13. The van der Waals surface area contributed by atoms with E-state index in [-0.39, 0.29) is 6.54 Å². The van der Waals surface area contributed by atoms with Gasteiger partial charge in [-0.15, -0.1) is 0 Å². The van der Waals surface area contributed by atoms with Crippen LogP contribution in [0.2, 0.25) is 0 Å². The first-order valence-electron chi connectivity index (χ1n) is 9.05. The van der Waals surface area contributed by atoms with Gasteiger partial charge in [-0.2, -0.15) is 0 Å². The number of aryl methyl sites for hydroxylation is 3. The highest BCUT2D eigenvalue weighted by atomic mass is 32.2. The molecule has 1 saturated heterocycles. The number of imide groups is 1. The quantitative estimate of drug-likeness (QED) is 0.744. The van der Waals surface area contributed by atoms with Gasteiger partial charge in [0.05, 0.1) is 12.0 Å². The molecular formula is C22H22N2O4S. The summed E-state index contributed by atoms with van der Waals surface area (Å²) in [5.41, 5.74) is 4.54. The number of hydrogen-bond acceptors (Lipinski definition) is 5. The van der Waals surface area contributed by atoms with Gasteiger partial charge in [0.1, 0.15) is 12.3 Å². The van der Waals surface area contributed by atoms with Gasteiger partial charge in [0.25, 0.3) is 11.1 Å². The maximum atomic E-state index is 12.7. The standard InChI is InChI=1S/C22H22N2O4S/c1-13-5-7-17(9-14(13)2)23-20(25)12-24-21(26)19(29-22(24)27)11-16-6-8-18(28-4)10-15(16)3/h5-11H,12H2,1-4H3,(H,23,25)/b19-11+. The number of ether oxygens (including phenoxy) is 1. The van der Waals surface area contributed by atoms with Gasteiger partial charge >= 0.3 is 0 Å². The van der Waals surface area contributed by atoms with Crippen LogP contribution in [0.1, 0.15) is 22.3 Å². The fraction of sp³-hybridized carbons (Fsp3) is 0.227. The third-order valence-electron chi connectivity index (χ3n) is 4.73. The minimum absolute atomic E-state index is 0.294. The number of rotatable bonds is 5. The highest BCUT2D eigenvalue weighted by Gasteiger charge is 2.36. The molecule has 2 aromatic carbocycles. The summed E-state index contributed by atoms with van der Waals surface area (Å²) in [5.74, 6) is -0.168. The monoisotopic (exact) mass is 410 g/mol. The van der Waals surface area contributed by atoms with Gasteiger partial charge in [-0.25, -0.2) is 0 Å². The Labute approximate surface area is 173 Å². The molecule has 29 heavy (non-hydrogen) atoms. The highest BCUT2D eigenvalue weighted by Crippen LogP contribution is 2.33. The van der Waals surface area contributed by atoms with E-state index in [4.69, 9.17) is 4.74 Å². The van der Waals surface area contributed by atoms with E-state index in [9.17, 15) is 14.4 Å². The van der Waals surface area contributed by atoms with Crippen molar-refractivity contribution in [2.45, 2.75) is 20.8 Å². The predicted octanol–water partition coefficient (Wildman–Crippen LogP) is 4.30. The smallest absolute Gasteiger partial charge is 0.294 e. The lowest BCUT2D eigenvalue weighted by atomic mass is 10.1. The molecule has 1 heterocycles. The van der Waals surface area contributed by atoms with E-state index in [1.807, 2.05) is 45.0 Å². The Hall–Kier alpha value is -3.06. The largest absolute Gasteiger partial charge is 0.497 e. The number of carbonyl (C=O) groups excluding carboxylic acids is 3. The fourth-order valence-electron chi connectivity index (χ4n) is 2.88. The van der Waals surface area contributed by atoms with E-state index in [0.717, 1.165) is 44.7 Å². The van der Waals surface area contributed by atoms with Crippen molar-refractivity contribution in [1.82, 2.24) is 4.90 Å². The number of carbonyl (C=O) groups is 3. The molecule has 0 aromatic heterocycles. The molecule has 0 aliphatic carbocycles. The van der Waals surface area contributed by atoms with Crippen LogP contribution in [0.3, 0.4) is 0 Å². The minimum Gasteiger partial charge on any atom is -0.497 e. The Kier molecular flexibility index (Phi) is 6.08. The van der Waals surface area contributed by atoms with E-state index in [1.54, 1.807) is 25.3 Å². The molecule has 0 bridgehead atoms. The Morgan fingerprint density at radius 2 is 1.83 bits per heavy atom. The predicted molar refractivity (Wildman–Crippen MR) is 115 cm³/mol. The summed E-state index contributed by atoms with van der Waals surface area (Å²) in [7, 11) is 1.59. The molecule has 1 N–H and O–H groups in total. The summed E-state index contributed by atoms with van der Waals surface area (Å²) in [5, 5.41) is 2.28. The molecule has 7 heteroatoms. The van der Waals surface area contributed by atoms with E-state index in [2.05, 4.69) is 5.32 Å². The van der Waals surface area contributed by atoms with Gasteiger partial charge in [-0.3, -0.25) is 19.3 Å². The zero-order chi connectivity index (χ0) is 21.1. The normalized spacial score (nSPS) is 15.2. The number of methoxy groups -OCH3 is 1.